The van der Waals surface area contributed by atoms with Crippen LogP contribution < -0.4 is 10.1 Å². The normalized spacial score (nSPS) is 15.3. The van der Waals surface area contributed by atoms with E-state index in [9.17, 15) is 4.79 Å². The highest BCUT2D eigenvalue weighted by molar-refractivity contribution is 7.15. The number of likely N-dealkylation sites (N-methyl/N-ethyl adjacent to an activating group) is 1. The van der Waals surface area contributed by atoms with Gasteiger partial charge in [-0.2, -0.15) is 0 Å². The predicted molar refractivity (Wildman–Crippen MR) is 106 cm³/mol. The number of rotatable bonds is 7. The van der Waals surface area contributed by atoms with Gasteiger partial charge in [0.2, 0.25) is 0 Å². The van der Waals surface area contributed by atoms with Crippen molar-refractivity contribution in [1.29, 1.82) is 0 Å². The van der Waals surface area contributed by atoms with Crippen molar-refractivity contribution >= 4 is 22.4 Å². The molecule has 1 aliphatic heterocycles. The molecule has 1 amide bonds. The van der Waals surface area contributed by atoms with Gasteiger partial charge in [-0.15, -0.1) is 11.3 Å². The second-order valence-corrected chi connectivity index (χ2v) is 7.78. The molecule has 0 spiro atoms. The number of para-hydroxylation sites is 1. The van der Waals surface area contributed by atoms with Crippen molar-refractivity contribution < 1.29 is 9.53 Å². The van der Waals surface area contributed by atoms with Crippen LogP contribution >= 0.6 is 11.3 Å². The summed E-state index contributed by atoms with van der Waals surface area (Å²) in [7, 11) is 0. The largest absolute Gasteiger partial charge is 0.483 e. The third kappa shape index (κ3) is 4.43. The van der Waals surface area contributed by atoms with Gasteiger partial charge in [-0.1, -0.05) is 39.0 Å². The molecule has 2 heterocycles. The number of aromatic nitrogens is 1. The van der Waals surface area contributed by atoms with Gasteiger partial charge in [0.25, 0.3) is 5.91 Å². The highest BCUT2D eigenvalue weighted by atomic mass is 32.1. The topological polar surface area (TPSA) is 54.5 Å². The van der Waals surface area contributed by atoms with Crippen LogP contribution in [0.15, 0.2) is 24.3 Å². The standard InChI is InChI=1S/C20H27N3O2S/c1-4-14(3)15-8-6-7-9-17(15)25-13-19(24)22-20-21-16-10-11-23(5-2)12-18(16)26-20/h6-9,14H,4-5,10-13H2,1-3H3,(H,21,22,24). The summed E-state index contributed by atoms with van der Waals surface area (Å²) < 4.78 is 5.79. The molecular formula is C20H27N3O2S. The molecule has 1 N–H and O–H groups in total. The number of hydrogen-bond acceptors (Lipinski definition) is 5. The summed E-state index contributed by atoms with van der Waals surface area (Å²) in [4.78, 5) is 20.5. The summed E-state index contributed by atoms with van der Waals surface area (Å²) in [5, 5.41) is 3.57. The van der Waals surface area contributed by atoms with Crippen molar-refractivity contribution in [1.82, 2.24) is 9.88 Å². The van der Waals surface area contributed by atoms with E-state index in [4.69, 9.17) is 4.74 Å². The molecule has 1 aliphatic rings. The predicted octanol–water partition coefficient (Wildman–Crippen LogP) is 4.05. The Hall–Kier alpha value is -1.92. The highest BCUT2D eigenvalue weighted by Crippen LogP contribution is 2.29. The molecule has 5 nitrogen and oxygen atoms in total. The maximum Gasteiger partial charge on any atom is 0.264 e. The summed E-state index contributed by atoms with van der Waals surface area (Å²) in [6, 6.07) is 7.94. The van der Waals surface area contributed by atoms with Gasteiger partial charge in [0.15, 0.2) is 11.7 Å². The zero-order chi connectivity index (χ0) is 18.5. The Balaban J connectivity index is 1.58. The van der Waals surface area contributed by atoms with Crippen LogP contribution in [0.25, 0.3) is 0 Å². The maximum absolute atomic E-state index is 12.3. The van der Waals surface area contributed by atoms with Crippen LogP contribution in [0.1, 0.15) is 49.2 Å². The lowest BCUT2D eigenvalue weighted by Crippen LogP contribution is -2.29. The van der Waals surface area contributed by atoms with Crippen molar-refractivity contribution in [2.45, 2.75) is 46.1 Å². The number of hydrogen-bond donors (Lipinski definition) is 1. The van der Waals surface area contributed by atoms with Crippen molar-refractivity contribution in [3.63, 3.8) is 0 Å². The average molecular weight is 374 g/mol. The monoisotopic (exact) mass is 373 g/mol. The van der Waals surface area contributed by atoms with Crippen LogP contribution in [0.4, 0.5) is 5.13 Å². The van der Waals surface area contributed by atoms with E-state index in [2.05, 4.69) is 42.0 Å². The minimum Gasteiger partial charge on any atom is -0.483 e. The minimum atomic E-state index is -0.164. The molecule has 0 radical (unpaired) electrons. The Labute approximate surface area is 159 Å². The number of carbonyl (C=O) groups is 1. The van der Waals surface area contributed by atoms with Gasteiger partial charge in [-0.05, 0) is 30.5 Å². The number of benzene rings is 1. The van der Waals surface area contributed by atoms with E-state index in [1.807, 2.05) is 18.2 Å². The summed E-state index contributed by atoms with van der Waals surface area (Å²) in [6.45, 7) is 9.50. The number of anilines is 1. The van der Waals surface area contributed by atoms with E-state index < -0.39 is 0 Å². The van der Waals surface area contributed by atoms with Gasteiger partial charge in [-0.25, -0.2) is 4.98 Å². The average Bonchev–Trinajstić information content (AvgIpc) is 3.07. The first-order valence-electron chi connectivity index (χ1n) is 9.33. The van der Waals surface area contributed by atoms with Crippen LogP contribution in [-0.4, -0.2) is 35.5 Å². The first-order valence-corrected chi connectivity index (χ1v) is 10.1. The number of nitrogens with zero attached hydrogens (tertiary/aromatic N) is 2. The van der Waals surface area contributed by atoms with Crippen molar-refractivity contribution in [2.24, 2.45) is 0 Å². The molecule has 0 aliphatic carbocycles. The van der Waals surface area contributed by atoms with E-state index in [1.165, 1.54) is 4.88 Å². The van der Waals surface area contributed by atoms with Crippen molar-refractivity contribution in [3.8, 4) is 5.75 Å². The molecule has 3 rings (SSSR count). The molecule has 0 fully saturated rings. The van der Waals surface area contributed by atoms with Crippen molar-refractivity contribution in [2.75, 3.05) is 25.0 Å². The van der Waals surface area contributed by atoms with Crippen LogP contribution in [0.5, 0.6) is 5.75 Å². The molecule has 1 atom stereocenters. The molecule has 140 valence electrons. The quantitative estimate of drug-likeness (QED) is 0.795. The maximum atomic E-state index is 12.3. The lowest BCUT2D eigenvalue weighted by Gasteiger charge is -2.23. The smallest absolute Gasteiger partial charge is 0.264 e. The number of carbonyl (C=O) groups excluding carboxylic acids is 1. The number of thiazole rings is 1. The molecule has 2 aromatic rings. The fourth-order valence-corrected chi connectivity index (χ4v) is 4.18. The Bertz CT molecular complexity index is 759. The van der Waals surface area contributed by atoms with E-state index >= 15 is 0 Å². The Morgan fingerprint density at radius 3 is 2.96 bits per heavy atom. The zero-order valence-corrected chi connectivity index (χ0v) is 16.6. The van der Waals surface area contributed by atoms with Gasteiger partial charge < -0.3 is 4.74 Å². The molecule has 1 aromatic heterocycles. The second-order valence-electron chi connectivity index (χ2n) is 6.69. The van der Waals surface area contributed by atoms with Crippen LogP contribution in [0.3, 0.4) is 0 Å². The van der Waals surface area contributed by atoms with E-state index in [0.717, 1.165) is 49.5 Å². The fourth-order valence-electron chi connectivity index (χ4n) is 3.11. The zero-order valence-electron chi connectivity index (χ0n) is 15.7. The number of ether oxygens (including phenoxy) is 1. The Morgan fingerprint density at radius 1 is 1.38 bits per heavy atom. The van der Waals surface area contributed by atoms with Crippen LogP contribution in [0, 0.1) is 0 Å². The first kappa shape index (κ1) is 18.9. The van der Waals surface area contributed by atoms with Gasteiger partial charge in [0, 0.05) is 24.4 Å². The number of amides is 1. The third-order valence-electron chi connectivity index (χ3n) is 4.92. The molecular weight excluding hydrogens is 346 g/mol. The van der Waals surface area contributed by atoms with Gasteiger partial charge in [0.1, 0.15) is 5.75 Å². The van der Waals surface area contributed by atoms with Gasteiger partial charge in [-0.3, -0.25) is 15.0 Å². The number of fused-ring (bicyclic) bond motifs is 1. The van der Waals surface area contributed by atoms with Crippen molar-refractivity contribution in [3.05, 3.63) is 40.4 Å². The first-order chi connectivity index (χ1) is 12.6. The molecule has 26 heavy (non-hydrogen) atoms. The summed E-state index contributed by atoms with van der Waals surface area (Å²) in [5.74, 6) is 1.03. The summed E-state index contributed by atoms with van der Waals surface area (Å²) in [6.07, 6.45) is 1.99. The molecule has 1 unspecified atom stereocenters. The lowest BCUT2D eigenvalue weighted by atomic mass is 9.98. The number of nitrogens with one attached hydrogen (secondary N) is 1. The Morgan fingerprint density at radius 2 is 2.19 bits per heavy atom. The lowest BCUT2D eigenvalue weighted by molar-refractivity contribution is -0.118. The molecule has 0 saturated heterocycles. The third-order valence-corrected chi connectivity index (χ3v) is 5.92. The summed E-state index contributed by atoms with van der Waals surface area (Å²) in [5.41, 5.74) is 2.27. The summed E-state index contributed by atoms with van der Waals surface area (Å²) >= 11 is 1.58. The molecule has 1 aromatic carbocycles. The van der Waals surface area contributed by atoms with Crippen LogP contribution in [0.2, 0.25) is 0 Å². The van der Waals surface area contributed by atoms with Gasteiger partial charge in [0.05, 0.1) is 5.69 Å². The van der Waals surface area contributed by atoms with Gasteiger partial charge >= 0.3 is 0 Å². The molecule has 0 bridgehead atoms. The van der Waals surface area contributed by atoms with E-state index in [0.29, 0.717) is 11.0 Å². The molecule has 6 heteroatoms. The van der Waals surface area contributed by atoms with E-state index in [-0.39, 0.29) is 12.5 Å². The fraction of sp³-hybridized carbons (Fsp3) is 0.500. The van der Waals surface area contributed by atoms with Crippen LogP contribution in [-0.2, 0) is 17.8 Å². The second kappa shape index (κ2) is 8.64. The molecule has 0 saturated carbocycles. The Kier molecular flexibility index (Phi) is 6.27. The highest BCUT2D eigenvalue weighted by Gasteiger charge is 2.20. The minimum absolute atomic E-state index is 0.00121. The van der Waals surface area contributed by atoms with E-state index in [1.54, 1.807) is 11.3 Å². The SMILES string of the molecule is CCC(C)c1ccccc1OCC(=O)Nc1nc2c(s1)CN(CC)CC2.